The number of hydrogen-bond acceptors (Lipinski definition) is 15. The van der Waals surface area contributed by atoms with Gasteiger partial charge in [-0.15, -0.1) is 0 Å². The van der Waals surface area contributed by atoms with Gasteiger partial charge in [-0.05, 0) is 152 Å². The van der Waals surface area contributed by atoms with Gasteiger partial charge in [-0.25, -0.2) is 16.8 Å². The number of nitrogens with one attached hydrogen (secondary N) is 1. The molecule has 0 radical (unpaired) electrons. The first-order valence-corrected chi connectivity index (χ1v) is 33.5. The van der Waals surface area contributed by atoms with E-state index in [0.717, 1.165) is 43.7 Å². The first-order chi connectivity index (χ1) is 42.2. The van der Waals surface area contributed by atoms with E-state index in [1.54, 1.807) is 116 Å². The van der Waals surface area contributed by atoms with Crippen molar-refractivity contribution < 1.29 is 82.8 Å². The van der Waals surface area contributed by atoms with Crippen LogP contribution in [0.2, 0.25) is 0 Å². The summed E-state index contributed by atoms with van der Waals surface area (Å²) in [5.74, 6) is -0.121. The molecule has 498 valence electrons. The van der Waals surface area contributed by atoms with Crippen molar-refractivity contribution in [3.8, 4) is 0 Å². The monoisotopic (exact) mass is 1330 g/mol. The van der Waals surface area contributed by atoms with Crippen LogP contribution in [0.5, 0.6) is 0 Å². The molecular weight excluding hydrogens is 1230 g/mol. The number of aliphatic hydroxyl groups excluding tert-OH is 4. The van der Waals surface area contributed by atoms with E-state index in [-0.39, 0.29) is 99.6 Å². The molecule has 0 bridgehead atoms. The van der Waals surface area contributed by atoms with Gasteiger partial charge in [-0.1, -0.05) is 129 Å². The minimum Gasteiger partial charge on any atom is -0.394 e. The van der Waals surface area contributed by atoms with E-state index in [1.807, 2.05) is 12.1 Å². The predicted molar refractivity (Wildman–Crippen MR) is 358 cm³/mol. The van der Waals surface area contributed by atoms with E-state index in [9.17, 15) is 31.2 Å². The number of hydrogen-bond donors (Lipinski definition) is 5. The van der Waals surface area contributed by atoms with Gasteiger partial charge in [0.1, 0.15) is 0 Å². The van der Waals surface area contributed by atoms with Gasteiger partial charge >= 0.3 is 0 Å². The summed E-state index contributed by atoms with van der Waals surface area (Å²) in [5, 5.41) is 35.6. The summed E-state index contributed by atoms with van der Waals surface area (Å²) in [7, 11) is -7.07. The number of ether oxygens (including phenoxy) is 2. The number of nitrogens with zero attached hydrogens (tertiary/aromatic N) is 3. The average molecular weight is 1330 g/mol. The molecule has 4 heterocycles. The molecule has 91 heavy (non-hydrogen) atoms. The summed E-state index contributed by atoms with van der Waals surface area (Å²) in [6, 6.07) is 45.0. The third kappa shape index (κ3) is 29.2. The van der Waals surface area contributed by atoms with Gasteiger partial charge in [0.05, 0.1) is 36.2 Å². The minimum atomic E-state index is -3.54. The van der Waals surface area contributed by atoms with Gasteiger partial charge in [-0.3, -0.25) is 19.3 Å². The number of aliphatic hydroxyl groups is 4. The number of carbonyl (C=O) groups is 3. The fraction of sp³-hybridized carbons (Fsp3) is 0.451. The zero-order chi connectivity index (χ0) is 65.7. The average Bonchev–Trinajstić information content (AvgIpc) is 1.09. The van der Waals surface area contributed by atoms with Crippen LogP contribution < -0.4 is 5.32 Å². The van der Waals surface area contributed by atoms with Crippen molar-refractivity contribution in [3.63, 3.8) is 0 Å². The molecule has 0 amide bonds. The molecular formula is C71H100N4O13S2Ti. The van der Waals surface area contributed by atoms with E-state index in [0.29, 0.717) is 69.3 Å². The number of morpholine rings is 2. The van der Waals surface area contributed by atoms with Crippen molar-refractivity contribution in [3.05, 3.63) is 201 Å². The minimum absolute atomic E-state index is 0. The van der Waals surface area contributed by atoms with Crippen LogP contribution in [0.1, 0.15) is 153 Å². The third-order valence-corrected chi connectivity index (χ3v) is 17.7. The molecule has 0 aromatic heterocycles. The summed E-state index contributed by atoms with van der Waals surface area (Å²) >= 11 is 0. The fourth-order valence-electron chi connectivity index (χ4n) is 9.32. The molecule has 2 fully saturated rings. The van der Waals surface area contributed by atoms with Crippen LogP contribution in [0.15, 0.2) is 155 Å². The molecule has 1 unspecified atom stereocenters. The Balaban J connectivity index is 0.000000446. The van der Waals surface area contributed by atoms with Gasteiger partial charge in [0.2, 0.25) is 20.0 Å². The Kier molecular flexibility index (Phi) is 37.7. The smallest absolute Gasteiger partial charge is 0.243 e. The zero-order valence-electron chi connectivity index (χ0n) is 54.2. The fourth-order valence-corrected chi connectivity index (χ4v) is 12.1. The van der Waals surface area contributed by atoms with E-state index >= 15 is 0 Å². The van der Waals surface area contributed by atoms with E-state index in [2.05, 4.69) is 77.8 Å². The van der Waals surface area contributed by atoms with Gasteiger partial charge in [0.25, 0.3) is 0 Å². The Labute approximate surface area is 558 Å². The number of ketones is 3. The van der Waals surface area contributed by atoms with Gasteiger partial charge in [0, 0.05) is 128 Å². The molecule has 10 rings (SSSR count). The van der Waals surface area contributed by atoms with Crippen LogP contribution in [-0.4, -0.2) is 158 Å². The summed E-state index contributed by atoms with van der Waals surface area (Å²) in [5.41, 5.74) is 10.3. The van der Waals surface area contributed by atoms with Gasteiger partial charge < -0.3 is 35.2 Å². The van der Waals surface area contributed by atoms with Crippen molar-refractivity contribution in [2.75, 3.05) is 65.7 Å². The normalized spacial score (nSPS) is 15.1. The van der Waals surface area contributed by atoms with Crippen molar-refractivity contribution in [1.82, 2.24) is 18.8 Å². The Morgan fingerprint density at radius 2 is 0.813 bits per heavy atom. The zero-order valence-corrected chi connectivity index (χ0v) is 57.4. The number of rotatable bonds is 13. The second-order valence-corrected chi connectivity index (χ2v) is 26.9. The Morgan fingerprint density at radius 3 is 1.19 bits per heavy atom. The largest absolute Gasteiger partial charge is 0.394 e. The summed E-state index contributed by atoms with van der Waals surface area (Å²) in [6.45, 7) is 24.7. The molecule has 0 aliphatic carbocycles. The molecule has 5 N–H and O–H groups in total. The van der Waals surface area contributed by atoms with Crippen LogP contribution >= 0.6 is 0 Å². The van der Waals surface area contributed by atoms with Crippen LogP contribution in [0.25, 0.3) is 0 Å². The maximum absolute atomic E-state index is 12.9. The van der Waals surface area contributed by atoms with Crippen LogP contribution in [0, 0.1) is 0 Å². The van der Waals surface area contributed by atoms with Crippen molar-refractivity contribution in [2.45, 2.75) is 156 Å². The van der Waals surface area contributed by atoms with Crippen molar-refractivity contribution in [2.24, 2.45) is 0 Å². The first kappa shape index (κ1) is 81.6. The molecule has 6 aromatic rings. The number of Topliss-reactive ketones (excluding diaryl/α,β-unsaturated/α-hetero) is 3. The molecule has 17 nitrogen and oxygen atoms in total. The summed E-state index contributed by atoms with van der Waals surface area (Å²) in [6.07, 6.45) is 1.98. The second-order valence-electron chi connectivity index (χ2n) is 23.0. The standard InChI is InChI=1S/C29H32N2O4S.C20H21NO5S.C9H11N.4C3H8O.CH4.Ti/c1-22(30-15-14-25-4-2-3-5-27(25)21-30)24-8-10-26(11-9-24)29(32)20-23-6-12-28(13-7-23)36(33,34)31-16-18-35-19-17-31;1-15(22)17-4-6-18(7-5-17)20(23)14-16-2-8-19(9-3-16)27(24,25)21-10-12-26-13-11-21;1-2-4-9-7-10-6-5-8(9)3-1;4*1-3(2)4;;/h2-13,22H,14-21H2,1H3;2-9H,10-14H2,1H3;1-4,10H,5-7H2;4*3-4H,1-2H3;1H4;. The summed E-state index contributed by atoms with van der Waals surface area (Å²) in [4.78, 5) is 39.6. The Hall–Kier alpha value is -5.46. The molecule has 1 atom stereocenters. The molecule has 0 spiro atoms. The number of sulfonamides is 2. The quantitative estimate of drug-likeness (QED) is 0.0534. The molecule has 20 heteroatoms. The van der Waals surface area contributed by atoms with E-state index in [1.165, 1.54) is 61.9 Å². The molecule has 4 aliphatic heterocycles. The molecule has 4 aliphatic rings. The topological polar surface area (TPSA) is 241 Å². The Bertz CT molecular complexity index is 3240. The predicted octanol–water partition coefficient (Wildman–Crippen LogP) is 10.1. The molecule has 2 saturated heterocycles. The molecule has 0 saturated carbocycles. The van der Waals surface area contributed by atoms with Crippen LogP contribution in [0.4, 0.5) is 0 Å². The third-order valence-electron chi connectivity index (χ3n) is 13.8. The number of fused-ring (bicyclic) bond motifs is 2. The van der Waals surface area contributed by atoms with Crippen LogP contribution in [0.3, 0.4) is 0 Å². The van der Waals surface area contributed by atoms with Crippen molar-refractivity contribution >= 4 is 37.4 Å². The van der Waals surface area contributed by atoms with E-state index < -0.39 is 20.0 Å². The first-order valence-electron chi connectivity index (χ1n) is 30.6. The maximum atomic E-state index is 12.9. The van der Waals surface area contributed by atoms with Crippen LogP contribution in [-0.2, 0) is 90.0 Å². The van der Waals surface area contributed by atoms with E-state index in [4.69, 9.17) is 29.9 Å². The second kappa shape index (κ2) is 42.0. The summed E-state index contributed by atoms with van der Waals surface area (Å²) < 4.78 is 64.1. The van der Waals surface area contributed by atoms with Gasteiger partial charge in [0.15, 0.2) is 17.3 Å². The SMILES string of the molecule is C.CC(=O)c1ccc(C(=O)Cc2ccc(S(=O)(=O)N3CCOCC3)cc2)cc1.CC(C)O.CC(C)O.CC(C)O.CC(C)O.CC(c1ccc(C(=O)Cc2ccc(S(=O)(=O)N3CCOCC3)cc2)cc1)N1CCc2ccccc2C1.[Ti].c1ccc2c(c1)CCNC2. The number of benzene rings is 6. The number of carbonyl (C=O) groups excluding carboxylic acids is 3. The maximum Gasteiger partial charge on any atom is 0.243 e. The molecule has 6 aromatic carbocycles. The van der Waals surface area contributed by atoms with Crippen molar-refractivity contribution in [1.29, 1.82) is 0 Å². The van der Waals surface area contributed by atoms with Gasteiger partial charge in [-0.2, -0.15) is 8.61 Å². The Morgan fingerprint density at radius 1 is 0.473 bits per heavy atom.